The van der Waals surface area contributed by atoms with Gasteiger partial charge in [0.25, 0.3) is 15.7 Å². The zero-order chi connectivity index (χ0) is 30.6. The number of alkyl halides is 3. The molecule has 10 nitrogen and oxygen atoms in total. The van der Waals surface area contributed by atoms with Gasteiger partial charge >= 0.3 is 11.5 Å². The van der Waals surface area contributed by atoms with Gasteiger partial charge in [-0.25, -0.2) is 12.8 Å². The molecule has 0 spiro atoms. The zero-order valence-corrected chi connectivity index (χ0v) is 22.8. The van der Waals surface area contributed by atoms with Gasteiger partial charge in [-0.1, -0.05) is 6.07 Å². The first kappa shape index (κ1) is 31.6. The highest BCUT2D eigenvalue weighted by Gasteiger charge is 2.47. The van der Waals surface area contributed by atoms with Gasteiger partial charge in [-0.3, -0.25) is 14.4 Å². The molecule has 0 saturated heterocycles. The molecule has 1 fully saturated rings. The van der Waals surface area contributed by atoms with Crippen LogP contribution in [0.15, 0.2) is 41.3 Å². The van der Waals surface area contributed by atoms with Crippen LogP contribution in [0.25, 0.3) is 0 Å². The van der Waals surface area contributed by atoms with Crippen LogP contribution in [-0.2, 0) is 19.4 Å². The molecule has 224 valence electrons. The second-order valence-corrected chi connectivity index (χ2v) is 11.6. The van der Waals surface area contributed by atoms with E-state index in [1.165, 1.54) is 13.2 Å². The van der Waals surface area contributed by atoms with Crippen LogP contribution in [0.5, 0.6) is 11.5 Å². The van der Waals surface area contributed by atoms with Crippen LogP contribution in [-0.4, -0.2) is 56.6 Å². The fraction of sp³-hybridized carbons (Fsp3) is 0.423. The molecule has 0 atom stereocenters. The molecule has 0 aromatic heterocycles. The molecule has 1 saturated carbocycles. The van der Waals surface area contributed by atoms with Gasteiger partial charge in [-0.05, 0) is 56.9 Å². The first-order valence-corrected chi connectivity index (χ1v) is 13.8. The summed E-state index contributed by atoms with van der Waals surface area (Å²) in [5.41, 5.74) is -6.69. The van der Waals surface area contributed by atoms with Crippen molar-refractivity contribution in [2.75, 3.05) is 19.0 Å². The first-order valence-electron chi connectivity index (χ1n) is 12.3. The van der Waals surface area contributed by atoms with Crippen molar-refractivity contribution in [2.45, 2.75) is 55.5 Å². The average Bonchev–Trinajstić information content (AvgIpc) is 2.90. The van der Waals surface area contributed by atoms with E-state index in [0.29, 0.717) is 31.7 Å². The van der Waals surface area contributed by atoms with E-state index < -0.39 is 55.4 Å². The molecule has 0 unspecified atom stereocenters. The molecule has 15 heteroatoms. The highest BCUT2D eigenvalue weighted by Crippen LogP contribution is 2.38. The van der Waals surface area contributed by atoms with Gasteiger partial charge in [0.15, 0.2) is 11.6 Å². The predicted molar refractivity (Wildman–Crippen MR) is 137 cm³/mol. The number of ether oxygens (including phenoxy) is 2. The summed E-state index contributed by atoms with van der Waals surface area (Å²) >= 11 is 0. The lowest BCUT2D eigenvalue weighted by Crippen LogP contribution is -2.36. The number of hydrogen-bond acceptors (Lipinski definition) is 7. The summed E-state index contributed by atoms with van der Waals surface area (Å²) in [6.07, 6.45) is 0.616. The minimum absolute atomic E-state index is 0.0967. The Balaban J connectivity index is 1.61. The van der Waals surface area contributed by atoms with Gasteiger partial charge in [0.1, 0.15) is 5.75 Å². The van der Waals surface area contributed by atoms with Crippen LogP contribution in [0.2, 0.25) is 0 Å². The number of sulfone groups is 1. The standard InChI is InChI=1S/C26H28F4N2O8S/c1-25(24(35)36)9-6-16(7-10-25)40-21-13-18(20(39-2)14-19(21)27)23(34)31-11-8-22(33)32-15-4-3-5-17(12-15)41(37,38)26(28,29)30/h3-5,12-14,16H,6-11H2,1-2H3,(H,31,34)(H,32,33)(H,35,36). The van der Waals surface area contributed by atoms with Crippen molar-refractivity contribution in [2.24, 2.45) is 5.41 Å². The number of benzene rings is 2. The van der Waals surface area contributed by atoms with E-state index in [1.807, 2.05) is 0 Å². The zero-order valence-electron chi connectivity index (χ0n) is 22.0. The Morgan fingerprint density at radius 3 is 2.34 bits per heavy atom. The van der Waals surface area contributed by atoms with Crippen molar-refractivity contribution < 1.29 is 54.9 Å². The first-order chi connectivity index (χ1) is 19.1. The van der Waals surface area contributed by atoms with Crippen molar-refractivity contribution in [3.8, 4) is 11.5 Å². The molecule has 2 aromatic rings. The Labute approximate surface area is 232 Å². The summed E-state index contributed by atoms with van der Waals surface area (Å²) in [5, 5.41) is 14.1. The number of nitrogens with one attached hydrogen (secondary N) is 2. The molecule has 41 heavy (non-hydrogen) atoms. The summed E-state index contributed by atoms with van der Waals surface area (Å²) < 4.78 is 87.0. The topological polar surface area (TPSA) is 148 Å². The maximum Gasteiger partial charge on any atom is 0.501 e. The molecule has 3 N–H and O–H groups in total. The third-order valence-electron chi connectivity index (χ3n) is 6.72. The molecule has 1 aliphatic rings. The predicted octanol–water partition coefficient (Wildman–Crippen LogP) is 4.30. The maximum atomic E-state index is 14.7. The number of halogens is 4. The van der Waals surface area contributed by atoms with E-state index in [1.54, 1.807) is 6.92 Å². The van der Waals surface area contributed by atoms with Crippen molar-refractivity contribution in [3.63, 3.8) is 0 Å². The Kier molecular flexibility index (Phi) is 9.51. The second-order valence-electron chi connectivity index (χ2n) is 9.70. The van der Waals surface area contributed by atoms with Crippen LogP contribution in [0.3, 0.4) is 0 Å². The highest BCUT2D eigenvalue weighted by molar-refractivity contribution is 7.92. The van der Waals surface area contributed by atoms with Crippen molar-refractivity contribution in [1.82, 2.24) is 5.32 Å². The summed E-state index contributed by atoms with van der Waals surface area (Å²) in [4.78, 5) is 35.4. The van der Waals surface area contributed by atoms with Gasteiger partial charge in [0.05, 0.1) is 29.1 Å². The molecule has 2 amide bonds. The molecule has 0 heterocycles. The van der Waals surface area contributed by atoms with E-state index in [-0.39, 0.29) is 35.7 Å². The van der Waals surface area contributed by atoms with E-state index >= 15 is 0 Å². The Hall–Kier alpha value is -3.88. The van der Waals surface area contributed by atoms with E-state index in [2.05, 4.69) is 10.6 Å². The molecule has 1 aliphatic carbocycles. The molecule has 3 rings (SSSR count). The quantitative estimate of drug-likeness (QED) is 0.340. The fourth-order valence-electron chi connectivity index (χ4n) is 4.19. The number of amides is 2. The number of carboxylic acids is 1. The van der Waals surface area contributed by atoms with Crippen molar-refractivity contribution in [1.29, 1.82) is 0 Å². The summed E-state index contributed by atoms with van der Waals surface area (Å²) in [6, 6.07) is 5.75. The second kappa shape index (κ2) is 12.3. The Morgan fingerprint density at radius 1 is 1.10 bits per heavy atom. The van der Waals surface area contributed by atoms with Gasteiger partial charge in [0.2, 0.25) is 5.91 Å². The van der Waals surface area contributed by atoms with Crippen molar-refractivity contribution in [3.05, 3.63) is 47.8 Å². The highest BCUT2D eigenvalue weighted by atomic mass is 32.2. The monoisotopic (exact) mass is 604 g/mol. The fourth-order valence-corrected chi connectivity index (χ4v) is 5.00. The molecular formula is C26H28F4N2O8S. The smallest absolute Gasteiger partial charge is 0.496 e. The molecule has 0 aliphatic heterocycles. The lowest BCUT2D eigenvalue weighted by molar-refractivity contribution is -0.150. The lowest BCUT2D eigenvalue weighted by Gasteiger charge is -2.34. The number of aliphatic carboxylic acids is 1. The number of carbonyl (C=O) groups is 3. The molecule has 0 radical (unpaired) electrons. The number of rotatable bonds is 10. The number of carbonyl (C=O) groups excluding carboxylic acids is 2. The number of carboxylic acid groups (broad SMARTS) is 1. The van der Waals surface area contributed by atoms with Gasteiger partial charge in [-0.15, -0.1) is 0 Å². The van der Waals surface area contributed by atoms with Crippen LogP contribution < -0.4 is 20.1 Å². The Bertz CT molecular complexity index is 1420. The SMILES string of the molecule is COc1cc(F)c(OC2CCC(C)(C(=O)O)CC2)cc1C(=O)NCCC(=O)Nc1cccc(S(=O)(=O)C(F)(F)F)c1. The van der Waals surface area contributed by atoms with Gasteiger partial charge < -0.3 is 25.2 Å². The summed E-state index contributed by atoms with van der Waals surface area (Å²) in [7, 11) is -4.38. The molecule has 2 aromatic carbocycles. The largest absolute Gasteiger partial charge is 0.501 e. The van der Waals surface area contributed by atoms with Gasteiger partial charge in [0, 0.05) is 24.7 Å². The van der Waals surface area contributed by atoms with E-state index in [0.717, 1.165) is 24.3 Å². The van der Waals surface area contributed by atoms with Crippen LogP contribution in [0.4, 0.5) is 23.2 Å². The maximum absolute atomic E-state index is 14.7. The third kappa shape index (κ3) is 7.45. The summed E-state index contributed by atoms with van der Waals surface area (Å²) in [6.45, 7) is 1.40. The lowest BCUT2D eigenvalue weighted by atomic mass is 9.75. The minimum Gasteiger partial charge on any atom is -0.496 e. The molecule has 0 bridgehead atoms. The molecular weight excluding hydrogens is 576 g/mol. The van der Waals surface area contributed by atoms with Crippen LogP contribution >= 0.6 is 0 Å². The van der Waals surface area contributed by atoms with E-state index in [4.69, 9.17) is 9.47 Å². The van der Waals surface area contributed by atoms with Crippen LogP contribution in [0.1, 0.15) is 49.4 Å². The minimum atomic E-state index is -5.61. The Morgan fingerprint density at radius 2 is 1.76 bits per heavy atom. The van der Waals surface area contributed by atoms with Crippen molar-refractivity contribution >= 4 is 33.3 Å². The van der Waals surface area contributed by atoms with E-state index in [9.17, 15) is 45.5 Å². The van der Waals surface area contributed by atoms with Gasteiger partial charge in [-0.2, -0.15) is 13.2 Å². The number of methoxy groups -OCH3 is 1. The normalized spacial score (nSPS) is 19.2. The summed E-state index contributed by atoms with van der Waals surface area (Å²) in [5.74, 6) is -3.51. The number of anilines is 1. The van der Waals surface area contributed by atoms with Crippen LogP contribution in [0, 0.1) is 11.2 Å². The third-order valence-corrected chi connectivity index (χ3v) is 8.20. The average molecular weight is 605 g/mol. The number of hydrogen-bond donors (Lipinski definition) is 3.